The van der Waals surface area contributed by atoms with Gasteiger partial charge in [0.1, 0.15) is 16.7 Å². The average molecular weight is 388 g/mol. The fraction of sp³-hybridized carbons (Fsp3) is 0.700. The van der Waals surface area contributed by atoms with Crippen molar-refractivity contribution in [2.45, 2.75) is 63.7 Å². The van der Waals surface area contributed by atoms with Crippen LogP contribution in [0.4, 0.5) is 0 Å². The van der Waals surface area contributed by atoms with Gasteiger partial charge in [0.15, 0.2) is 0 Å². The van der Waals surface area contributed by atoms with Gasteiger partial charge in [0.2, 0.25) is 0 Å². The van der Waals surface area contributed by atoms with Gasteiger partial charge < -0.3 is 14.1 Å². The average Bonchev–Trinajstić information content (AvgIpc) is 2.54. The van der Waals surface area contributed by atoms with Crippen LogP contribution in [0.3, 0.4) is 0 Å². The summed E-state index contributed by atoms with van der Waals surface area (Å²) in [4.78, 5) is -0.178. The molecular formula is C20H37NO4S. The Morgan fingerprint density at radius 2 is 1.42 bits per heavy atom. The molecule has 0 saturated carbocycles. The molecule has 6 heteroatoms. The molecule has 0 aliphatic rings. The second kappa shape index (κ2) is 13.3. The van der Waals surface area contributed by atoms with Crippen LogP contribution in [-0.2, 0) is 10.1 Å². The SMILES string of the molecule is CCCCCCCCC[N+](C)(C)CCO.Cc1ccc(S(=O)(=O)[O-])cc1. The Morgan fingerprint density at radius 1 is 0.923 bits per heavy atom. The predicted octanol–water partition coefficient (Wildman–Crippen LogP) is 3.70. The summed E-state index contributed by atoms with van der Waals surface area (Å²) in [6.45, 7) is 6.48. The summed E-state index contributed by atoms with van der Waals surface area (Å²) >= 11 is 0. The molecule has 0 aromatic heterocycles. The van der Waals surface area contributed by atoms with Gasteiger partial charge in [-0.25, -0.2) is 8.42 Å². The molecular weight excluding hydrogens is 350 g/mol. The van der Waals surface area contributed by atoms with Gasteiger partial charge in [-0.1, -0.05) is 56.7 Å². The second-order valence-corrected chi connectivity index (χ2v) is 8.87. The van der Waals surface area contributed by atoms with E-state index in [1.54, 1.807) is 12.1 Å². The summed E-state index contributed by atoms with van der Waals surface area (Å²) in [5.41, 5.74) is 0.928. The van der Waals surface area contributed by atoms with Crippen LogP contribution >= 0.6 is 0 Å². The Bertz CT molecular complexity index is 568. The number of nitrogens with zero attached hydrogens (tertiary/aromatic N) is 1. The van der Waals surface area contributed by atoms with Crippen LogP contribution in [-0.4, -0.2) is 56.4 Å². The minimum atomic E-state index is -4.27. The quantitative estimate of drug-likeness (QED) is 0.357. The molecule has 0 spiro atoms. The van der Waals surface area contributed by atoms with Crippen molar-refractivity contribution in [1.82, 2.24) is 0 Å². The summed E-state index contributed by atoms with van der Waals surface area (Å²) in [6, 6.07) is 5.78. The van der Waals surface area contributed by atoms with E-state index in [0.29, 0.717) is 6.61 Å². The Morgan fingerprint density at radius 3 is 1.88 bits per heavy atom. The fourth-order valence-electron chi connectivity index (χ4n) is 2.58. The number of aryl methyl sites for hydroxylation is 1. The van der Waals surface area contributed by atoms with Crippen LogP contribution in [0.5, 0.6) is 0 Å². The maximum Gasteiger partial charge on any atom is 0.124 e. The number of rotatable bonds is 11. The zero-order valence-corrected chi connectivity index (χ0v) is 17.7. The lowest BCUT2D eigenvalue weighted by Gasteiger charge is -2.28. The third kappa shape index (κ3) is 13.3. The zero-order chi connectivity index (χ0) is 20.1. The van der Waals surface area contributed by atoms with Gasteiger partial charge in [0.05, 0.1) is 32.1 Å². The molecule has 26 heavy (non-hydrogen) atoms. The normalized spacial score (nSPS) is 11.8. The van der Waals surface area contributed by atoms with E-state index in [1.807, 2.05) is 6.92 Å². The van der Waals surface area contributed by atoms with Crippen LogP contribution < -0.4 is 0 Å². The first-order valence-electron chi connectivity index (χ1n) is 9.58. The van der Waals surface area contributed by atoms with Crippen LogP contribution in [0.2, 0.25) is 0 Å². The molecule has 0 atom stereocenters. The van der Waals surface area contributed by atoms with E-state index in [9.17, 15) is 13.0 Å². The van der Waals surface area contributed by atoms with Crippen molar-refractivity contribution in [3.05, 3.63) is 29.8 Å². The molecule has 5 nitrogen and oxygen atoms in total. The van der Waals surface area contributed by atoms with E-state index >= 15 is 0 Å². The third-order valence-electron chi connectivity index (χ3n) is 4.38. The number of likely N-dealkylation sites (N-methyl/N-ethyl adjacent to an activating group) is 1. The summed E-state index contributed by atoms with van der Waals surface area (Å²) < 4.78 is 32.1. The summed E-state index contributed by atoms with van der Waals surface area (Å²) in [7, 11) is 0.134. The van der Waals surface area contributed by atoms with Gasteiger partial charge in [-0.05, 0) is 31.9 Å². The van der Waals surface area contributed by atoms with E-state index in [-0.39, 0.29) is 4.90 Å². The molecule has 1 aromatic carbocycles. The van der Waals surface area contributed by atoms with Gasteiger partial charge >= 0.3 is 0 Å². The second-order valence-electron chi connectivity index (χ2n) is 7.50. The topological polar surface area (TPSA) is 77.4 Å². The molecule has 1 N–H and O–H groups in total. The number of aliphatic hydroxyl groups is 1. The van der Waals surface area contributed by atoms with Crippen molar-refractivity contribution >= 4 is 10.1 Å². The highest BCUT2D eigenvalue weighted by Crippen LogP contribution is 2.09. The highest BCUT2D eigenvalue weighted by Gasteiger charge is 2.12. The van der Waals surface area contributed by atoms with Gasteiger partial charge in [-0.3, -0.25) is 0 Å². The van der Waals surface area contributed by atoms with Gasteiger partial charge in [-0.15, -0.1) is 0 Å². The highest BCUT2D eigenvalue weighted by atomic mass is 32.2. The number of aliphatic hydroxyl groups excluding tert-OH is 1. The third-order valence-corrected chi connectivity index (χ3v) is 5.23. The van der Waals surface area contributed by atoms with Crippen molar-refractivity contribution in [2.75, 3.05) is 33.8 Å². The summed E-state index contributed by atoms with van der Waals surface area (Å²) in [5, 5.41) is 8.89. The van der Waals surface area contributed by atoms with Crippen molar-refractivity contribution in [3.63, 3.8) is 0 Å². The van der Waals surface area contributed by atoms with Crippen LogP contribution in [0.1, 0.15) is 57.4 Å². The van der Waals surface area contributed by atoms with Crippen LogP contribution in [0.15, 0.2) is 29.2 Å². The molecule has 0 aliphatic heterocycles. The van der Waals surface area contributed by atoms with E-state index in [1.165, 1.54) is 63.6 Å². The monoisotopic (exact) mass is 387 g/mol. The first-order valence-corrected chi connectivity index (χ1v) is 11.0. The lowest BCUT2D eigenvalue weighted by Crippen LogP contribution is -2.42. The minimum Gasteiger partial charge on any atom is -0.744 e. The number of hydrogen-bond donors (Lipinski definition) is 1. The smallest absolute Gasteiger partial charge is 0.124 e. The maximum atomic E-state index is 10.4. The lowest BCUT2D eigenvalue weighted by molar-refractivity contribution is -0.890. The number of benzene rings is 1. The molecule has 0 saturated heterocycles. The van der Waals surface area contributed by atoms with Gasteiger partial charge in [0, 0.05) is 0 Å². The highest BCUT2D eigenvalue weighted by molar-refractivity contribution is 7.85. The molecule has 152 valence electrons. The molecule has 0 aliphatic carbocycles. The Kier molecular flexibility index (Phi) is 12.8. The minimum absolute atomic E-state index is 0.178. The van der Waals surface area contributed by atoms with Crippen molar-refractivity contribution < 1.29 is 22.6 Å². The van der Waals surface area contributed by atoms with Gasteiger partial charge in [0.25, 0.3) is 0 Å². The molecule has 0 heterocycles. The van der Waals surface area contributed by atoms with Crippen molar-refractivity contribution in [3.8, 4) is 0 Å². The number of unbranched alkanes of at least 4 members (excludes halogenated alkanes) is 6. The Balaban J connectivity index is 0.000000502. The van der Waals surface area contributed by atoms with Crippen LogP contribution in [0.25, 0.3) is 0 Å². The van der Waals surface area contributed by atoms with E-state index < -0.39 is 10.1 Å². The van der Waals surface area contributed by atoms with Crippen LogP contribution in [0, 0.1) is 6.92 Å². The predicted molar refractivity (Wildman–Crippen MR) is 106 cm³/mol. The molecule has 1 rings (SSSR count). The van der Waals surface area contributed by atoms with Gasteiger partial charge in [-0.2, -0.15) is 0 Å². The summed E-state index contributed by atoms with van der Waals surface area (Å²) in [5.74, 6) is 0. The Labute approximate surface area is 160 Å². The Hall–Kier alpha value is -0.950. The largest absolute Gasteiger partial charge is 0.744 e. The fourth-order valence-corrected chi connectivity index (χ4v) is 3.05. The molecule has 0 bridgehead atoms. The zero-order valence-electron chi connectivity index (χ0n) is 16.9. The number of hydrogen-bond acceptors (Lipinski definition) is 4. The standard InChI is InChI=1S/C13H30NO.C7H8O3S/c1-4-5-6-7-8-9-10-11-14(2,3)12-13-15;1-6-2-4-7(5-3-6)11(8,9)10/h15H,4-13H2,1-3H3;2-5H,1H3,(H,8,9,10)/q+1;/p-1. The first-order chi connectivity index (χ1) is 12.1. The number of quaternary nitrogens is 1. The van der Waals surface area contributed by atoms with Crippen molar-refractivity contribution in [2.24, 2.45) is 0 Å². The molecule has 0 radical (unpaired) electrons. The molecule has 0 fully saturated rings. The molecule has 0 unspecified atom stereocenters. The molecule has 0 amide bonds. The molecule has 1 aromatic rings. The van der Waals surface area contributed by atoms with E-state index in [0.717, 1.165) is 16.6 Å². The first kappa shape index (κ1) is 25.1. The maximum absolute atomic E-state index is 10.4. The summed E-state index contributed by atoms with van der Waals surface area (Å²) in [6.07, 6.45) is 9.59. The van der Waals surface area contributed by atoms with E-state index in [2.05, 4.69) is 21.0 Å². The van der Waals surface area contributed by atoms with Crippen molar-refractivity contribution in [1.29, 1.82) is 0 Å². The van der Waals surface area contributed by atoms with E-state index in [4.69, 9.17) is 5.11 Å². The lowest BCUT2D eigenvalue weighted by atomic mass is 10.1.